The molecule has 3 aromatic rings. The highest BCUT2D eigenvalue weighted by Gasteiger charge is 2.36. The second-order valence-electron chi connectivity index (χ2n) is 6.81. The summed E-state index contributed by atoms with van der Waals surface area (Å²) in [5, 5.41) is 2.91. The van der Waals surface area contributed by atoms with Gasteiger partial charge in [0.15, 0.2) is 0 Å². The lowest BCUT2D eigenvalue weighted by Gasteiger charge is -2.12. The van der Waals surface area contributed by atoms with E-state index in [1.165, 1.54) is 0 Å². The molecular weight excluding hydrogens is 464 g/mol. The van der Waals surface area contributed by atoms with E-state index < -0.39 is 17.1 Å². The second-order valence-corrected chi connectivity index (χ2v) is 9.38. The SMILES string of the molecule is O=C(CN1C(=O)S/C(=C\c2ccc(Sc3ccc(Cl)cc3)cc2)C1=O)Nc1ccccc1. The normalized spacial score (nSPS) is 14.8. The Kier molecular flexibility index (Phi) is 6.99. The van der Waals surface area contributed by atoms with E-state index >= 15 is 0 Å². The van der Waals surface area contributed by atoms with E-state index in [0.717, 1.165) is 32.0 Å². The number of imide groups is 1. The lowest BCUT2D eigenvalue weighted by Crippen LogP contribution is -2.36. The van der Waals surface area contributed by atoms with Crippen molar-refractivity contribution in [3.63, 3.8) is 0 Å². The average Bonchev–Trinajstić information content (AvgIpc) is 3.04. The number of nitrogens with zero attached hydrogens (tertiary/aromatic N) is 1. The fourth-order valence-corrected chi connectivity index (χ4v) is 4.70. The first kappa shape index (κ1) is 22.2. The number of amides is 3. The number of para-hydroxylation sites is 1. The van der Waals surface area contributed by atoms with Crippen molar-refractivity contribution >= 4 is 63.9 Å². The Balaban J connectivity index is 1.39. The van der Waals surface area contributed by atoms with Gasteiger partial charge in [0.25, 0.3) is 11.1 Å². The van der Waals surface area contributed by atoms with Gasteiger partial charge in [-0.2, -0.15) is 0 Å². The summed E-state index contributed by atoms with van der Waals surface area (Å²) < 4.78 is 0. The van der Waals surface area contributed by atoms with Gasteiger partial charge in [-0.05, 0) is 71.9 Å². The maximum Gasteiger partial charge on any atom is 0.294 e. The van der Waals surface area contributed by atoms with Gasteiger partial charge < -0.3 is 5.32 Å². The van der Waals surface area contributed by atoms with Crippen LogP contribution in [0, 0.1) is 0 Å². The second kappa shape index (κ2) is 10.1. The van der Waals surface area contributed by atoms with E-state index in [1.54, 1.807) is 42.1 Å². The molecule has 0 aromatic heterocycles. The van der Waals surface area contributed by atoms with Crippen molar-refractivity contribution in [2.75, 3.05) is 11.9 Å². The lowest BCUT2D eigenvalue weighted by atomic mass is 10.2. The van der Waals surface area contributed by atoms with Crippen LogP contribution in [0.4, 0.5) is 10.5 Å². The third-order valence-electron chi connectivity index (χ3n) is 4.46. The van der Waals surface area contributed by atoms with Crippen LogP contribution in [0.5, 0.6) is 0 Å². The summed E-state index contributed by atoms with van der Waals surface area (Å²) in [5.41, 5.74) is 1.40. The fraction of sp³-hybridized carbons (Fsp3) is 0.0417. The highest BCUT2D eigenvalue weighted by molar-refractivity contribution is 8.18. The third kappa shape index (κ3) is 5.62. The molecule has 32 heavy (non-hydrogen) atoms. The number of rotatable bonds is 6. The molecule has 8 heteroatoms. The Morgan fingerprint density at radius 1 is 0.938 bits per heavy atom. The number of carbonyl (C=O) groups is 3. The Morgan fingerprint density at radius 2 is 1.56 bits per heavy atom. The minimum Gasteiger partial charge on any atom is -0.325 e. The molecular formula is C24H17ClN2O3S2. The number of anilines is 1. The zero-order valence-electron chi connectivity index (χ0n) is 16.7. The van der Waals surface area contributed by atoms with Crippen LogP contribution in [0.25, 0.3) is 6.08 Å². The van der Waals surface area contributed by atoms with E-state index in [9.17, 15) is 14.4 Å². The van der Waals surface area contributed by atoms with Crippen molar-refractivity contribution in [1.29, 1.82) is 0 Å². The average molecular weight is 481 g/mol. The smallest absolute Gasteiger partial charge is 0.294 e. The van der Waals surface area contributed by atoms with E-state index in [1.807, 2.05) is 54.6 Å². The molecule has 1 saturated heterocycles. The molecule has 3 amide bonds. The van der Waals surface area contributed by atoms with Crippen molar-refractivity contribution < 1.29 is 14.4 Å². The zero-order valence-corrected chi connectivity index (χ0v) is 19.0. The first-order valence-corrected chi connectivity index (χ1v) is 11.6. The maximum atomic E-state index is 12.7. The minimum absolute atomic E-state index is 0.292. The Hall–Kier alpha value is -3.00. The third-order valence-corrected chi connectivity index (χ3v) is 6.64. The van der Waals surface area contributed by atoms with Gasteiger partial charge in [-0.25, -0.2) is 0 Å². The molecule has 0 aliphatic carbocycles. The highest BCUT2D eigenvalue weighted by atomic mass is 35.5. The van der Waals surface area contributed by atoms with E-state index in [-0.39, 0.29) is 6.54 Å². The van der Waals surface area contributed by atoms with Crippen molar-refractivity contribution in [2.24, 2.45) is 0 Å². The number of halogens is 1. The van der Waals surface area contributed by atoms with Crippen LogP contribution in [0.1, 0.15) is 5.56 Å². The molecule has 0 radical (unpaired) electrons. The molecule has 1 heterocycles. The molecule has 0 unspecified atom stereocenters. The molecule has 4 rings (SSSR count). The summed E-state index contributed by atoms with van der Waals surface area (Å²) in [4.78, 5) is 40.5. The van der Waals surface area contributed by atoms with Crippen LogP contribution >= 0.6 is 35.1 Å². The standard InChI is InChI=1S/C24H17ClN2O3S2/c25-17-8-12-20(13-9-17)31-19-10-6-16(7-11-19)14-21-23(29)27(24(30)32-21)15-22(28)26-18-4-2-1-3-5-18/h1-14H,15H2,(H,26,28)/b21-14-. The van der Waals surface area contributed by atoms with E-state index in [2.05, 4.69) is 5.32 Å². The summed E-state index contributed by atoms with van der Waals surface area (Å²) >= 11 is 8.35. The topological polar surface area (TPSA) is 66.5 Å². The highest BCUT2D eigenvalue weighted by Crippen LogP contribution is 2.33. The predicted molar refractivity (Wildman–Crippen MR) is 130 cm³/mol. The molecule has 1 aliphatic heterocycles. The van der Waals surface area contributed by atoms with Crippen LogP contribution in [-0.4, -0.2) is 28.5 Å². The Labute approximate surface area is 198 Å². The van der Waals surface area contributed by atoms with Crippen LogP contribution in [0.3, 0.4) is 0 Å². The molecule has 1 N–H and O–H groups in total. The molecule has 0 bridgehead atoms. The largest absolute Gasteiger partial charge is 0.325 e. The zero-order chi connectivity index (χ0) is 22.5. The quantitative estimate of drug-likeness (QED) is 0.427. The number of benzene rings is 3. The monoisotopic (exact) mass is 480 g/mol. The lowest BCUT2D eigenvalue weighted by molar-refractivity contribution is -0.127. The van der Waals surface area contributed by atoms with Crippen molar-refractivity contribution in [3.05, 3.63) is 94.4 Å². The van der Waals surface area contributed by atoms with Gasteiger partial charge in [0, 0.05) is 20.5 Å². The molecule has 1 fully saturated rings. The fourth-order valence-electron chi connectivity index (χ4n) is 2.92. The van der Waals surface area contributed by atoms with Gasteiger partial charge in [-0.15, -0.1) is 0 Å². The van der Waals surface area contributed by atoms with Crippen LogP contribution in [0.2, 0.25) is 5.02 Å². The first-order chi connectivity index (χ1) is 15.5. The van der Waals surface area contributed by atoms with Gasteiger partial charge in [0.2, 0.25) is 5.91 Å². The molecule has 1 aliphatic rings. The summed E-state index contributed by atoms with van der Waals surface area (Å²) in [6.45, 7) is -0.326. The summed E-state index contributed by atoms with van der Waals surface area (Å²) in [5.74, 6) is -0.897. The molecule has 160 valence electrons. The number of thioether (sulfide) groups is 1. The summed E-state index contributed by atoms with van der Waals surface area (Å²) in [6, 6.07) is 24.1. The first-order valence-electron chi connectivity index (χ1n) is 9.62. The van der Waals surface area contributed by atoms with E-state index in [0.29, 0.717) is 15.6 Å². The van der Waals surface area contributed by atoms with Gasteiger partial charge in [0.1, 0.15) is 6.54 Å². The van der Waals surface area contributed by atoms with Crippen LogP contribution < -0.4 is 5.32 Å². The van der Waals surface area contributed by atoms with Gasteiger partial charge in [-0.3, -0.25) is 19.3 Å². The molecule has 0 spiro atoms. The van der Waals surface area contributed by atoms with Crippen molar-refractivity contribution in [3.8, 4) is 0 Å². The van der Waals surface area contributed by atoms with Gasteiger partial charge in [0.05, 0.1) is 4.91 Å². The van der Waals surface area contributed by atoms with Crippen molar-refractivity contribution in [1.82, 2.24) is 4.90 Å². The molecule has 3 aromatic carbocycles. The van der Waals surface area contributed by atoms with Gasteiger partial charge >= 0.3 is 0 Å². The number of hydrogen-bond donors (Lipinski definition) is 1. The van der Waals surface area contributed by atoms with Crippen LogP contribution in [-0.2, 0) is 9.59 Å². The Bertz CT molecular complexity index is 1180. The summed E-state index contributed by atoms with van der Waals surface area (Å²) in [6.07, 6.45) is 1.66. The molecule has 5 nitrogen and oxygen atoms in total. The van der Waals surface area contributed by atoms with Crippen LogP contribution in [0.15, 0.2) is 93.6 Å². The van der Waals surface area contributed by atoms with Crippen molar-refractivity contribution in [2.45, 2.75) is 9.79 Å². The number of hydrogen-bond acceptors (Lipinski definition) is 5. The maximum absolute atomic E-state index is 12.7. The number of nitrogens with one attached hydrogen (secondary N) is 1. The predicted octanol–water partition coefficient (Wildman–Crippen LogP) is 6.17. The number of carbonyl (C=O) groups excluding carboxylic acids is 3. The summed E-state index contributed by atoms with van der Waals surface area (Å²) in [7, 11) is 0. The minimum atomic E-state index is -0.470. The van der Waals surface area contributed by atoms with E-state index in [4.69, 9.17) is 11.6 Å². The van der Waals surface area contributed by atoms with Gasteiger partial charge in [-0.1, -0.05) is 53.7 Å². The Morgan fingerprint density at radius 3 is 2.22 bits per heavy atom. The molecule has 0 saturated carbocycles. The molecule has 0 atom stereocenters.